The van der Waals surface area contributed by atoms with Crippen molar-refractivity contribution >= 4 is 0 Å². The van der Waals surface area contributed by atoms with E-state index in [0.717, 1.165) is 22.6 Å². The molecule has 6 nitrogen and oxygen atoms in total. The summed E-state index contributed by atoms with van der Waals surface area (Å²) in [5.41, 5.74) is 2.94. The molecule has 6 heteroatoms. The van der Waals surface area contributed by atoms with Crippen molar-refractivity contribution < 1.29 is 9.84 Å². The topological polar surface area (TPSA) is 72.2 Å². The minimum atomic E-state index is -0.585. The van der Waals surface area contributed by atoms with Gasteiger partial charge in [-0.2, -0.15) is 5.10 Å². The van der Waals surface area contributed by atoms with Gasteiger partial charge in [-0.15, -0.1) is 0 Å². The second-order valence-corrected chi connectivity index (χ2v) is 5.83. The van der Waals surface area contributed by atoms with Crippen LogP contribution in [-0.4, -0.2) is 39.1 Å². The predicted molar refractivity (Wildman–Crippen MR) is 96.1 cm³/mol. The molecule has 1 atom stereocenters. The lowest BCUT2D eigenvalue weighted by molar-refractivity contribution is 0.106. The highest BCUT2D eigenvalue weighted by Gasteiger charge is 2.11. The Balaban J connectivity index is 1.51. The van der Waals surface area contributed by atoms with Gasteiger partial charge in [0.25, 0.3) is 0 Å². The van der Waals surface area contributed by atoms with E-state index >= 15 is 0 Å². The molecular formula is C19H22N4O2. The number of hydrogen-bond donors (Lipinski definition) is 2. The summed E-state index contributed by atoms with van der Waals surface area (Å²) in [6, 6.07) is 13.4. The van der Waals surface area contributed by atoms with Crippen LogP contribution in [0.3, 0.4) is 0 Å². The minimum absolute atomic E-state index is 0.250. The van der Waals surface area contributed by atoms with Crippen molar-refractivity contribution in [3.63, 3.8) is 0 Å². The zero-order valence-electron chi connectivity index (χ0n) is 14.2. The van der Waals surface area contributed by atoms with Crippen molar-refractivity contribution in [2.75, 3.05) is 13.2 Å². The van der Waals surface area contributed by atoms with Crippen molar-refractivity contribution in [1.29, 1.82) is 0 Å². The number of aliphatic hydroxyl groups excluding tert-OH is 1. The van der Waals surface area contributed by atoms with Crippen molar-refractivity contribution in [1.82, 2.24) is 20.1 Å². The summed E-state index contributed by atoms with van der Waals surface area (Å²) in [6.07, 6.45) is 4.93. The Hall–Kier alpha value is -2.70. The molecule has 130 valence electrons. The number of aromatic nitrogens is 3. The highest BCUT2D eigenvalue weighted by Crippen LogP contribution is 2.20. The van der Waals surface area contributed by atoms with E-state index in [1.807, 2.05) is 55.7 Å². The largest absolute Gasteiger partial charge is 0.491 e. The number of aliphatic hydroxyl groups is 1. The standard InChI is InChI=1S/C19H22N4O2/c1-23-13-16(19(22-23)15-6-5-9-20-10-15)11-21-12-17(24)14-25-18-7-3-2-4-8-18/h2-10,13,17,21,24H,11-12,14H2,1H3/t17-/m1/s1. The van der Waals surface area contributed by atoms with Crippen LogP contribution < -0.4 is 10.1 Å². The van der Waals surface area contributed by atoms with Gasteiger partial charge in [0, 0.05) is 49.9 Å². The molecule has 3 rings (SSSR count). The molecule has 0 spiro atoms. The number of aryl methyl sites for hydroxylation is 1. The van der Waals surface area contributed by atoms with Gasteiger partial charge in [0.15, 0.2) is 0 Å². The van der Waals surface area contributed by atoms with E-state index in [1.54, 1.807) is 17.1 Å². The number of hydrogen-bond acceptors (Lipinski definition) is 5. The van der Waals surface area contributed by atoms with Gasteiger partial charge in [-0.05, 0) is 24.3 Å². The molecule has 0 amide bonds. The van der Waals surface area contributed by atoms with Crippen LogP contribution >= 0.6 is 0 Å². The van der Waals surface area contributed by atoms with Gasteiger partial charge in [0.2, 0.25) is 0 Å². The van der Waals surface area contributed by atoms with E-state index in [0.29, 0.717) is 13.1 Å². The summed E-state index contributed by atoms with van der Waals surface area (Å²) in [7, 11) is 1.89. The Morgan fingerprint density at radius 2 is 2.04 bits per heavy atom. The summed E-state index contributed by atoms with van der Waals surface area (Å²) in [5, 5.41) is 17.8. The highest BCUT2D eigenvalue weighted by atomic mass is 16.5. The van der Waals surface area contributed by atoms with Gasteiger partial charge in [-0.25, -0.2) is 0 Å². The van der Waals surface area contributed by atoms with Crippen LogP contribution in [0.2, 0.25) is 0 Å². The van der Waals surface area contributed by atoms with Crippen LogP contribution in [0, 0.1) is 0 Å². The van der Waals surface area contributed by atoms with E-state index in [4.69, 9.17) is 4.74 Å². The average Bonchev–Trinajstić information content (AvgIpc) is 3.02. The van der Waals surface area contributed by atoms with E-state index < -0.39 is 6.10 Å². The summed E-state index contributed by atoms with van der Waals surface area (Å²) < 4.78 is 7.34. The van der Waals surface area contributed by atoms with E-state index in [1.165, 1.54) is 0 Å². The lowest BCUT2D eigenvalue weighted by Gasteiger charge is -2.13. The molecule has 0 saturated heterocycles. The zero-order valence-corrected chi connectivity index (χ0v) is 14.2. The number of rotatable bonds is 8. The lowest BCUT2D eigenvalue weighted by atomic mass is 10.1. The van der Waals surface area contributed by atoms with Crippen molar-refractivity contribution in [2.45, 2.75) is 12.6 Å². The summed E-state index contributed by atoms with van der Waals surface area (Å²) >= 11 is 0. The fourth-order valence-corrected chi connectivity index (χ4v) is 2.55. The van der Waals surface area contributed by atoms with Crippen LogP contribution in [-0.2, 0) is 13.6 Å². The Morgan fingerprint density at radius 1 is 1.20 bits per heavy atom. The van der Waals surface area contributed by atoms with Crippen molar-refractivity contribution in [3.8, 4) is 17.0 Å². The quantitative estimate of drug-likeness (QED) is 0.657. The third kappa shape index (κ3) is 4.89. The molecule has 2 heterocycles. The maximum Gasteiger partial charge on any atom is 0.119 e. The van der Waals surface area contributed by atoms with Crippen LogP contribution in [0.15, 0.2) is 61.1 Å². The maximum absolute atomic E-state index is 10.1. The molecule has 0 bridgehead atoms. The number of nitrogens with zero attached hydrogens (tertiary/aromatic N) is 3. The minimum Gasteiger partial charge on any atom is -0.491 e. The molecule has 2 aromatic heterocycles. The first kappa shape index (κ1) is 17.1. The number of ether oxygens (including phenoxy) is 1. The van der Waals surface area contributed by atoms with Crippen molar-refractivity contribution in [2.24, 2.45) is 7.05 Å². The van der Waals surface area contributed by atoms with Crippen LogP contribution in [0.5, 0.6) is 5.75 Å². The molecule has 2 N–H and O–H groups in total. The fourth-order valence-electron chi connectivity index (χ4n) is 2.55. The monoisotopic (exact) mass is 338 g/mol. The van der Waals surface area contributed by atoms with E-state index in [9.17, 15) is 5.11 Å². The molecule has 0 unspecified atom stereocenters. The molecule has 0 fully saturated rings. The SMILES string of the molecule is Cn1cc(CNC[C@@H](O)COc2ccccc2)c(-c2cccnc2)n1. The van der Waals surface area contributed by atoms with Gasteiger partial charge in [0.05, 0.1) is 5.69 Å². The van der Waals surface area contributed by atoms with Gasteiger partial charge in [-0.1, -0.05) is 18.2 Å². The van der Waals surface area contributed by atoms with Gasteiger partial charge >= 0.3 is 0 Å². The molecule has 0 aliphatic carbocycles. The zero-order chi connectivity index (χ0) is 17.5. The molecule has 0 saturated carbocycles. The van der Waals surface area contributed by atoms with Crippen LogP contribution in [0.1, 0.15) is 5.56 Å². The number of benzene rings is 1. The van der Waals surface area contributed by atoms with Gasteiger partial charge in [0.1, 0.15) is 18.5 Å². The fraction of sp³-hybridized carbons (Fsp3) is 0.263. The predicted octanol–water partition coefficient (Wildman–Crippen LogP) is 2.01. The first-order chi connectivity index (χ1) is 12.2. The number of nitrogens with one attached hydrogen (secondary N) is 1. The summed E-state index contributed by atoms with van der Waals surface area (Å²) in [4.78, 5) is 4.15. The first-order valence-corrected chi connectivity index (χ1v) is 8.22. The molecule has 3 aromatic rings. The normalized spacial score (nSPS) is 12.1. The van der Waals surface area contributed by atoms with Crippen LogP contribution in [0.25, 0.3) is 11.3 Å². The highest BCUT2D eigenvalue weighted by molar-refractivity contribution is 5.61. The van der Waals surface area contributed by atoms with E-state index in [-0.39, 0.29) is 6.61 Å². The molecule has 1 aromatic carbocycles. The second-order valence-electron chi connectivity index (χ2n) is 5.83. The smallest absolute Gasteiger partial charge is 0.119 e. The molecule has 0 aliphatic heterocycles. The molecule has 25 heavy (non-hydrogen) atoms. The Bertz CT molecular complexity index is 775. The third-order valence-corrected chi connectivity index (χ3v) is 3.72. The number of para-hydroxylation sites is 1. The van der Waals surface area contributed by atoms with Crippen LogP contribution in [0.4, 0.5) is 0 Å². The molecular weight excluding hydrogens is 316 g/mol. The Kier molecular flexibility index (Phi) is 5.77. The first-order valence-electron chi connectivity index (χ1n) is 8.22. The van der Waals surface area contributed by atoms with E-state index in [2.05, 4.69) is 15.4 Å². The third-order valence-electron chi connectivity index (χ3n) is 3.72. The summed E-state index contributed by atoms with van der Waals surface area (Å²) in [6.45, 7) is 1.30. The lowest BCUT2D eigenvalue weighted by Crippen LogP contribution is -2.31. The second kappa shape index (κ2) is 8.41. The maximum atomic E-state index is 10.1. The Morgan fingerprint density at radius 3 is 2.80 bits per heavy atom. The summed E-state index contributed by atoms with van der Waals surface area (Å²) in [5.74, 6) is 0.757. The average molecular weight is 338 g/mol. The van der Waals surface area contributed by atoms with Crippen molar-refractivity contribution in [3.05, 3.63) is 66.6 Å². The molecule has 0 aliphatic rings. The van der Waals surface area contributed by atoms with Gasteiger partial charge < -0.3 is 15.2 Å². The van der Waals surface area contributed by atoms with Gasteiger partial charge in [-0.3, -0.25) is 9.67 Å². The number of pyridine rings is 1. The molecule has 0 radical (unpaired) electrons. The Labute approximate surface area is 147 Å².